The summed E-state index contributed by atoms with van der Waals surface area (Å²) in [6.45, 7) is 0.668. The number of carboxylic acid groups (broad SMARTS) is 1. The molecule has 1 atom stereocenters. The lowest BCUT2D eigenvalue weighted by molar-refractivity contribution is -0.134. The number of benzene rings is 2. The Morgan fingerprint density at radius 1 is 1.13 bits per heavy atom. The second-order valence-corrected chi connectivity index (χ2v) is 8.49. The van der Waals surface area contributed by atoms with E-state index in [-0.39, 0.29) is 29.7 Å². The largest absolute Gasteiger partial charge is 0.465 e. The second-order valence-electron chi connectivity index (χ2n) is 8.49. The SMILES string of the molecule is CN(C(=O)O)c1ccc(C2(C(=O)N3CCC4(C3)OC(=O)c3ccccc34)CC2)c(F)c1. The highest BCUT2D eigenvalue weighted by Gasteiger charge is 2.58. The van der Waals surface area contributed by atoms with Crippen LogP contribution in [0.4, 0.5) is 14.9 Å². The molecule has 1 saturated carbocycles. The van der Waals surface area contributed by atoms with Crippen molar-refractivity contribution in [2.24, 2.45) is 0 Å². The first-order chi connectivity index (χ1) is 14.8. The van der Waals surface area contributed by atoms with Crippen LogP contribution < -0.4 is 4.90 Å². The van der Waals surface area contributed by atoms with Crippen LogP contribution in [-0.4, -0.2) is 48.1 Å². The number of amides is 2. The lowest BCUT2D eigenvalue weighted by Crippen LogP contribution is -2.40. The van der Waals surface area contributed by atoms with Gasteiger partial charge in [-0.05, 0) is 31.0 Å². The fraction of sp³-hybridized carbons (Fsp3) is 0.348. The predicted octanol–water partition coefficient (Wildman–Crippen LogP) is 3.27. The Morgan fingerprint density at radius 3 is 2.55 bits per heavy atom. The van der Waals surface area contributed by atoms with Crippen LogP contribution in [0.25, 0.3) is 0 Å². The molecule has 2 fully saturated rings. The van der Waals surface area contributed by atoms with Gasteiger partial charge in [-0.2, -0.15) is 0 Å². The Labute approximate surface area is 178 Å². The Hall–Kier alpha value is -3.42. The molecule has 1 spiro atoms. The maximum Gasteiger partial charge on any atom is 0.411 e. The molecule has 2 aliphatic heterocycles. The molecule has 0 radical (unpaired) electrons. The lowest BCUT2D eigenvalue weighted by Gasteiger charge is -2.27. The van der Waals surface area contributed by atoms with Crippen LogP contribution in [0.15, 0.2) is 42.5 Å². The molecule has 2 amide bonds. The number of carbonyl (C=O) groups excluding carboxylic acids is 2. The van der Waals surface area contributed by atoms with E-state index in [0.717, 1.165) is 16.5 Å². The molecule has 1 aliphatic carbocycles. The van der Waals surface area contributed by atoms with E-state index in [2.05, 4.69) is 0 Å². The van der Waals surface area contributed by atoms with Crippen LogP contribution in [0.1, 0.15) is 40.7 Å². The number of rotatable bonds is 3. The van der Waals surface area contributed by atoms with Crippen molar-refractivity contribution in [3.8, 4) is 0 Å². The highest BCUT2D eigenvalue weighted by atomic mass is 19.1. The van der Waals surface area contributed by atoms with E-state index in [4.69, 9.17) is 9.84 Å². The summed E-state index contributed by atoms with van der Waals surface area (Å²) in [5, 5.41) is 9.10. The molecule has 2 aromatic carbocycles. The van der Waals surface area contributed by atoms with Gasteiger partial charge in [-0.1, -0.05) is 24.3 Å². The maximum absolute atomic E-state index is 14.9. The molecule has 1 unspecified atom stereocenters. The van der Waals surface area contributed by atoms with Gasteiger partial charge in [-0.25, -0.2) is 14.0 Å². The topological polar surface area (TPSA) is 87.2 Å². The van der Waals surface area contributed by atoms with Crippen LogP contribution in [-0.2, 0) is 20.5 Å². The maximum atomic E-state index is 14.9. The summed E-state index contributed by atoms with van der Waals surface area (Å²) >= 11 is 0. The van der Waals surface area contributed by atoms with Crippen LogP contribution in [0.3, 0.4) is 0 Å². The third-order valence-electron chi connectivity index (χ3n) is 6.75. The van der Waals surface area contributed by atoms with Gasteiger partial charge in [0, 0.05) is 36.8 Å². The third kappa shape index (κ3) is 2.81. The van der Waals surface area contributed by atoms with Gasteiger partial charge < -0.3 is 14.7 Å². The zero-order valence-corrected chi connectivity index (χ0v) is 16.9. The number of anilines is 1. The minimum atomic E-state index is -1.20. The fourth-order valence-electron chi connectivity index (χ4n) is 4.84. The van der Waals surface area contributed by atoms with Gasteiger partial charge in [0.25, 0.3) is 0 Å². The van der Waals surface area contributed by atoms with Crippen LogP contribution in [0.5, 0.6) is 0 Å². The Kier molecular flexibility index (Phi) is 4.12. The second kappa shape index (κ2) is 6.54. The van der Waals surface area contributed by atoms with Crippen LogP contribution in [0.2, 0.25) is 0 Å². The quantitative estimate of drug-likeness (QED) is 0.765. The van der Waals surface area contributed by atoms with Gasteiger partial charge in [-0.15, -0.1) is 0 Å². The molecule has 5 rings (SSSR count). The molecule has 1 N–H and O–H groups in total. The summed E-state index contributed by atoms with van der Waals surface area (Å²) in [7, 11) is 1.33. The minimum absolute atomic E-state index is 0.178. The van der Waals surface area contributed by atoms with Gasteiger partial charge in [0.1, 0.15) is 5.82 Å². The van der Waals surface area contributed by atoms with Gasteiger partial charge in [-0.3, -0.25) is 9.69 Å². The highest BCUT2D eigenvalue weighted by Crippen LogP contribution is 2.53. The Morgan fingerprint density at radius 2 is 1.87 bits per heavy atom. The first-order valence-corrected chi connectivity index (χ1v) is 10.2. The molecule has 7 nitrogen and oxygen atoms in total. The third-order valence-corrected chi connectivity index (χ3v) is 6.75. The lowest BCUT2D eigenvalue weighted by atomic mass is 9.91. The van der Waals surface area contributed by atoms with Crippen molar-refractivity contribution in [3.63, 3.8) is 0 Å². The van der Waals surface area contributed by atoms with E-state index >= 15 is 0 Å². The van der Waals surface area contributed by atoms with Crippen molar-refractivity contribution in [1.82, 2.24) is 4.90 Å². The summed E-state index contributed by atoms with van der Waals surface area (Å²) in [5.41, 5.74) is 0.0234. The molecule has 2 heterocycles. The van der Waals surface area contributed by atoms with Crippen molar-refractivity contribution in [2.75, 3.05) is 25.0 Å². The standard InChI is InChI=1S/C23H21FN2O5/c1-25(21(29)30)14-6-7-17(18(24)12-14)22(8-9-22)20(28)26-11-10-23(13-26)16-5-3-2-4-15(16)19(27)31-23/h2-7,12H,8-11,13H2,1H3,(H,29,30). The molecule has 31 heavy (non-hydrogen) atoms. The first-order valence-electron chi connectivity index (χ1n) is 10.2. The van der Waals surface area contributed by atoms with Crippen molar-refractivity contribution < 1.29 is 28.6 Å². The number of esters is 1. The summed E-state index contributed by atoms with van der Waals surface area (Å²) in [6.07, 6.45) is 0.355. The predicted molar refractivity (Wildman–Crippen MR) is 108 cm³/mol. The summed E-state index contributed by atoms with van der Waals surface area (Å²) in [6, 6.07) is 11.4. The number of hydrogen-bond acceptors (Lipinski definition) is 4. The van der Waals surface area contributed by atoms with E-state index in [0.29, 0.717) is 31.4 Å². The first kappa shape index (κ1) is 19.5. The smallest absolute Gasteiger partial charge is 0.411 e. The van der Waals surface area contributed by atoms with Crippen molar-refractivity contribution in [2.45, 2.75) is 30.3 Å². The molecule has 8 heteroatoms. The number of halogens is 1. The van der Waals surface area contributed by atoms with Gasteiger partial charge in [0.05, 0.1) is 17.5 Å². The molecular weight excluding hydrogens is 403 g/mol. The Balaban J connectivity index is 1.41. The number of likely N-dealkylation sites (tertiary alicyclic amines) is 1. The van der Waals surface area contributed by atoms with Crippen molar-refractivity contribution in [1.29, 1.82) is 0 Å². The van der Waals surface area contributed by atoms with E-state index in [1.807, 2.05) is 12.1 Å². The molecular formula is C23H21FN2O5. The fourth-order valence-corrected chi connectivity index (χ4v) is 4.84. The monoisotopic (exact) mass is 424 g/mol. The number of nitrogens with zero attached hydrogens (tertiary/aromatic N) is 2. The van der Waals surface area contributed by atoms with E-state index in [9.17, 15) is 18.8 Å². The Bertz CT molecular complexity index is 1130. The zero-order chi connectivity index (χ0) is 22.0. The average Bonchev–Trinajstić information content (AvgIpc) is 3.38. The average molecular weight is 424 g/mol. The van der Waals surface area contributed by atoms with Crippen LogP contribution >= 0.6 is 0 Å². The van der Waals surface area contributed by atoms with Gasteiger partial charge in [0.2, 0.25) is 5.91 Å². The van der Waals surface area contributed by atoms with E-state index in [1.165, 1.54) is 19.2 Å². The highest BCUT2D eigenvalue weighted by molar-refractivity contribution is 5.96. The normalized spacial score (nSPS) is 22.9. The molecule has 2 aromatic rings. The molecule has 1 saturated heterocycles. The summed E-state index contributed by atoms with van der Waals surface area (Å²) < 4.78 is 20.7. The summed E-state index contributed by atoms with van der Waals surface area (Å²) in [4.78, 5) is 39.5. The molecule has 0 aromatic heterocycles. The van der Waals surface area contributed by atoms with Crippen molar-refractivity contribution in [3.05, 3.63) is 65.0 Å². The molecule has 0 bridgehead atoms. The molecule has 160 valence electrons. The number of ether oxygens (including phenoxy) is 1. The molecule has 3 aliphatic rings. The number of fused-ring (bicyclic) bond motifs is 2. The zero-order valence-electron chi connectivity index (χ0n) is 16.9. The van der Waals surface area contributed by atoms with Gasteiger partial charge >= 0.3 is 12.1 Å². The van der Waals surface area contributed by atoms with Crippen LogP contribution in [0, 0.1) is 5.82 Å². The van der Waals surface area contributed by atoms with Gasteiger partial charge in [0.15, 0.2) is 5.60 Å². The number of carbonyl (C=O) groups is 3. The van der Waals surface area contributed by atoms with E-state index in [1.54, 1.807) is 17.0 Å². The number of hydrogen-bond donors (Lipinski definition) is 1. The van der Waals surface area contributed by atoms with Crippen molar-refractivity contribution >= 4 is 23.7 Å². The van der Waals surface area contributed by atoms with E-state index < -0.39 is 22.9 Å². The summed E-state index contributed by atoms with van der Waals surface area (Å²) in [5.74, 6) is -1.15. The minimum Gasteiger partial charge on any atom is -0.465 e.